The molecule has 0 unspecified atom stereocenters. The van der Waals surface area contributed by atoms with Crippen molar-refractivity contribution in [1.29, 1.82) is 0 Å². The van der Waals surface area contributed by atoms with Gasteiger partial charge >= 0.3 is 27.9 Å². The van der Waals surface area contributed by atoms with Crippen LogP contribution < -0.4 is 4.72 Å². The summed E-state index contributed by atoms with van der Waals surface area (Å²) >= 11 is 0. The first-order valence-corrected chi connectivity index (χ1v) is 7.80. The van der Waals surface area contributed by atoms with Crippen LogP contribution in [-0.2, 0) is 22.4 Å². The number of nitrogens with one attached hydrogen (secondary N) is 1. The lowest BCUT2D eigenvalue weighted by atomic mass is 10.3. The van der Waals surface area contributed by atoms with Crippen molar-refractivity contribution in [3.8, 4) is 5.69 Å². The third-order valence-electron chi connectivity index (χ3n) is 2.85. The van der Waals surface area contributed by atoms with Gasteiger partial charge in [-0.2, -0.15) is 53.0 Å². The summed E-state index contributed by atoms with van der Waals surface area (Å²) < 4.78 is 137. The monoisotopic (exact) mass is 428 g/mol. The van der Waals surface area contributed by atoms with E-state index in [0.29, 0.717) is 12.3 Å². The fourth-order valence-corrected chi connectivity index (χ4v) is 2.25. The van der Waals surface area contributed by atoms with Crippen molar-refractivity contribution >= 4 is 15.7 Å². The molecular weight excluding hydrogens is 423 g/mol. The van der Waals surface area contributed by atoms with Crippen LogP contribution in [0.25, 0.3) is 5.69 Å². The highest BCUT2D eigenvalue weighted by Crippen LogP contribution is 2.34. The number of aromatic nitrogens is 3. The van der Waals surface area contributed by atoms with Crippen LogP contribution in [0.2, 0.25) is 0 Å². The van der Waals surface area contributed by atoms with Crippen LogP contribution in [0.4, 0.5) is 45.2 Å². The highest BCUT2D eigenvalue weighted by Gasteiger charge is 2.47. The molecule has 2 rings (SSSR count). The summed E-state index contributed by atoms with van der Waals surface area (Å²) in [5.74, 6) is 0. The zero-order valence-electron chi connectivity index (χ0n) is 12.3. The minimum absolute atomic E-state index is 0.104. The van der Waals surface area contributed by atoms with Gasteiger partial charge in [-0.1, -0.05) is 0 Å². The van der Waals surface area contributed by atoms with Crippen molar-refractivity contribution in [2.24, 2.45) is 0 Å². The highest BCUT2D eigenvalue weighted by atomic mass is 32.2. The second kappa shape index (κ2) is 6.28. The summed E-state index contributed by atoms with van der Waals surface area (Å²) in [7, 11) is -6.17. The number of anilines is 1. The largest absolute Gasteiger partial charge is 0.516 e. The van der Waals surface area contributed by atoms with Crippen LogP contribution >= 0.6 is 0 Å². The number of pyridine rings is 1. The molecule has 0 spiro atoms. The Kier molecular flexibility index (Phi) is 4.83. The summed E-state index contributed by atoms with van der Waals surface area (Å²) in [6, 6.07) is 0.271. The molecule has 0 aliphatic heterocycles. The van der Waals surface area contributed by atoms with Gasteiger partial charge in [0, 0.05) is 6.20 Å². The van der Waals surface area contributed by atoms with Gasteiger partial charge in [-0.05, 0) is 12.1 Å². The number of halogens is 9. The molecule has 2 aromatic heterocycles. The fourth-order valence-electron chi connectivity index (χ4n) is 1.68. The SMILES string of the molecule is O=S(=O)(Nc1cc(C(F)(F)F)ncc1-n1ccc(C(F)(F)F)n1)C(F)(F)F. The van der Waals surface area contributed by atoms with Crippen molar-refractivity contribution < 1.29 is 47.9 Å². The van der Waals surface area contributed by atoms with E-state index in [1.807, 2.05) is 0 Å². The van der Waals surface area contributed by atoms with E-state index in [9.17, 15) is 47.9 Å². The molecule has 6 nitrogen and oxygen atoms in total. The maximum Gasteiger partial charge on any atom is 0.516 e. The molecule has 27 heavy (non-hydrogen) atoms. The summed E-state index contributed by atoms with van der Waals surface area (Å²) in [6.45, 7) is 0. The van der Waals surface area contributed by atoms with Crippen LogP contribution in [0.1, 0.15) is 11.4 Å². The van der Waals surface area contributed by atoms with Gasteiger partial charge in [-0.25, -0.2) is 9.67 Å². The Morgan fingerprint density at radius 3 is 1.93 bits per heavy atom. The minimum Gasteiger partial charge on any atom is -0.274 e. The highest BCUT2D eigenvalue weighted by molar-refractivity contribution is 7.93. The van der Waals surface area contributed by atoms with E-state index >= 15 is 0 Å². The van der Waals surface area contributed by atoms with E-state index in [4.69, 9.17) is 0 Å². The van der Waals surface area contributed by atoms with E-state index in [-0.39, 0.29) is 16.9 Å². The topological polar surface area (TPSA) is 76.9 Å². The van der Waals surface area contributed by atoms with Gasteiger partial charge in [0.2, 0.25) is 0 Å². The van der Waals surface area contributed by atoms with Crippen molar-refractivity contribution in [2.45, 2.75) is 17.9 Å². The first-order valence-electron chi connectivity index (χ1n) is 6.32. The minimum atomic E-state index is -6.17. The van der Waals surface area contributed by atoms with Crippen LogP contribution in [-0.4, -0.2) is 28.7 Å². The number of hydrogen-bond acceptors (Lipinski definition) is 4. The molecule has 0 atom stereocenters. The van der Waals surface area contributed by atoms with Crippen LogP contribution in [0.3, 0.4) is 0 Å². The van der Waals surface area contributed by atoms with Crippen LogP contribution in [0.15, 0.2) is 24.5 Å². The summed E-state index contributed by atoms with van der Waals surface area (Å²) in [5, 5.41) is 2.95. The summed E-state index contributed by atoms with van der Waals surface area (Å²) in [6.07, 6.45) is -9.35. The van der Waals surface area contributed by atoms with E-state index in [1.54, 1.807) is 0 Å². The number of hydrogen-bond donors (Lipinski definition) is 1. The molecule has 150 valence electrons. The summed E-state index contributed by atoms with van der Waals surface area (Å²) in [4.78, 5) is 2.87. The van der Waals surface area contributed by atoms with Crippen molar-refractivity contribution in [3.63, 3.8) is 0 Å². The molecule has 0 amide bonds. The van der Waals surface area contributed by atoms with Crippen molar-refractivity contribution in [2.75, 3.05) is 4.72 Å². The molecule has 0 bridgehead atoms. The lowest BCUT2D eigenvalue weighted by Gasteiger charge is -2.16. The molecule has 0 saturated carbocycles. The maximum atomic E-state index is 12.7. The smallest absolute Gasteiger partial charge is 0.274 e. The third-order valence-corrected chi connectivity index (χ3v) is 3.95. The molecule has 0 saturated heterocycles. The predicted octanol–water partition coefficient (Wildman–Crippen LogP) is 3.57. The maximum absolute atomic E-state index is 12.7. The molecular formula is C11H5F9N4O2S. The Balaban J connectivity index is 2.62. The molecule has 0 aliphatic rings. The number of sulfonamides is 1. The summed E-state index contributed by atoms with van der Waals surface area (Å²) in [5.41, 5.74) is -11.4. The Labute approximate surface area is 143 Å². The second-order valence-electron chi connectivity index (χ2n) is 4.78. The first-order chi connectivity index (χ1) is 12.0. The van der Waals surface area contributed by atoms with Gasteiger partial charge in [-0.15, -0.1) is 0 Å². The average molecular weight is 428 g/mol. The normalized spacial score (nSPS) is 13.7. The lowest BCUT2D eigenvalue weighted by molar-refractivity contribution is -0.141. The second-order valence-corrected chi connectivity index (χ2v) is 6.45. The average Bonchev–Trinajstić information content (AvgIpc) is 2.94. The zero-order valence-corrected chi connectivity index (χ0v) is 13.1. The van der Waals surface area contributed by atoms with E-state index in [2.05, 4.69) is 10.1 Å². The molecule has 0 fully saturated rings. The van der Waals surface area contributed by atoms with Gasteiger partial charge in [0.05, 0.1) is 11.9 Å². The quantitative estimate of drug-likeness (QED) is 0.759. The van der Waals surface area contributed by atoms with E-state index < -0.39 is 50.6 Å². The van der Waals surface area contributed by atoms with Gasteiger partial charge in [0.15, 0.2) is 5.69 Å². The zero-order chi connectivity index (χ0) is 20.8. The number of alkyl halides is 9. The standard InChI is InChI=1S/C11H5F9N4O2S/c12-9(13,14)7-1-2-24(22-7)6-4-21-8(10(15,16)17)3-5(6)23-27(25,26)11(18,19)20/h1-4H,(H,21,23). The molecule has 1 N–H and O–H groups in total. The third kappa shape index (κ3) is 4.42. The van der Waals surface area contributed by atoms with Crippen LogP contribution in [0, 0.1) is 0 Å². The van der Waals surface area contributed by atoms with Gasteiger partial charge in [0.25, 0.3) is 0 Å². The van der Waals surface area contributed by atoms with E-state index in [0.717, 1.165) is 4.72 Å². The molecule has 0 aliphatic carbocycles. The van der Waals surface area contributed by atoms with Gasteiger partial charge in [-0.3, -0.25) is 4.72 Å². The van der Waals surface area contributed by atoms with Gasteiger partial charge in [0.1, 0.15) is 11.4 Å². The van der Waals surface area contributed by atoms with Crippen molar-refractivity contribution in [3.05, 3.63) is 35.9 Å². The Hall–Kier alpha value is -2.52. The fraction of sp³-hybridized carbons (Fsp3) is 0.273. The molecule has 2 heterocycles. The molecule has 2 aromatic rings. The number of nitrogens with zero attached hydrogens (tertiary/aromatic N) is 3. The van der Waals surface area contributed by atoms with Crippen LogP contribution in [0.5, 0.6) is 0 Å². The van der Waals surface area contributed by atoms with Gasteiger partial charge < -0.3 is 0 Å². The molecule has 0 aromatic carbocycles. The Morgan fingerprint density at radius 1 is 0.926 bits per heavy atom. The lowest BCUT2D eigenvalue weighted by Crippen LogP contribution is -2.30. The molecule has 16 heteroatoms. The van der Waals surface area contributed by atoms with Crippen molar-refractivity contribution in [1.82, 2.24) is 14.8 Å². The first kappa shape index (κ1) is 20.8. The van der Waals surface area contributed by atoms with E-state index in [1.165, 1.54) is 0 Å². The Bertz CT molecular complexity index is 944. The molecule has 0 radical (unpaired) electrons. The Morgan fingerprint density at radius 2 is 1.48 bits per heavy atom. The predicted molar refractivity (Wildman–Crippen MR) is 70.0 cm³/mol. The number of rotatable bonds is 3.